The summed E-state index contributed by atoms with van der Waals surface area (Å²) in [5.74, 6) is -7.19. The molecule has 0 aliphatic carbocycles. The van der Waals surface area contributed by atoms with E-state index < -0.39 is 99.0 Å². The topological polar surface area (TPSA) is 0 Å². The lowest BCUT2D eigenvalue weighted by Gasteiger charge is -2.40. The molecule has 4 aromatic carbocycles. The van der Waals surface area contributed by atoms with Crippen molar-refractivity contribution in [2.45, 2.75) is 24.7 Å². The number of alkyl halides is 12. The summed E-state index contributed by atoms with van der Waals surface area (Å²) < 4.78 is 233. The van der Waals surface area contributed by atoms with E-state index in [4.69, 9.17) is 0 Å². The second-order valence-corrected chi connectivity index (χ2v) is 13.2. The van der Waals surface area contributed by atoms with E-state index in [-0.39, 0.29) is 72.8 Å². The van der Waals surface area contributed by atoms with E-state index in [2.05, 4.69) is 0 Å². The molecule has 0 atom stereocenters. The molecule has 0 bridgehead atoms. The zero-order valence-electron chi connectivity index (χ0n) is 21.5. The number of hydrogen-bond donors (Lipinski definition) is 0. The van der Waals surface area contributed by atoms with Crippen LogP contribution < -0.4 is 20.7 Å². The summed E-state index contributed by atoms with van der Waals surface area (Å²) >= 11 is 0. The highest BCUT2D eigenvalue weighted by Gasteiger charge is 2.57. The van der Waals surface area contributed by atoms with Crippen molar-refractivity contribution in [3.63, 3.8) is 0 Å². The van der Waals surface area contributed by atoms with Crippen molar-refractivity contribution >= 4 is 28.8 Å². The van der Waals surface area contributed by atoms with Crippen LogP contribution in [0.5, 0.6) is 0 Å². The first kappa shape index (κ1) is 33.9. The van der Waals surface area contributed by atoms with E-state index in [0.29, 0.717) is 0 Å². The molecule has 0 aliphatic rings. The predicted octanol–water partition coefficient (Wildman–Crippen LogP) is 7.70. The third-order valence-electron chi connectivity index (χ3n) is 6.76. The van der Waals surface area contributed by atoms with Gasteiger partial charge in [-0.25, -0.2) is 17.6 Å². The van der Waals surface area contributed by atoms with E-state index in [9.17, 15) is 70.2 Å². The van der Waals surface area contributed by atoms with Gasteiger partial charge in [0.1, 0.15) is 23.3 Å². The summed E-state index contributed by atoms with van der Waals surface area (Å²) in [6, 6.07) is -1.49. The maximum absolute atomic E-state index is 14.8. The molecule has 45 heavy (non-hydrogen) atoms. The van der Waals surface area contributed by atoms with Gasteiger partial charge in [-0.3, -0.25) is 0 Å². The monoisotopic (exact) mass is 680 g/mol. The van der Waals surface area contributed by atoms with Crippen LogP contribution in [0.4, 0.5) is 70.2 Å². The van der Waals surface area contributed by atoms with Gasteiger partial charge in [-0.2, -0.15) is 52.7 Å². The van der Waals surface area contributed by atoms with Crippen molar-refractivity contribution in [1.29, 1.82) is 0 Å². The molecule has 0 radical (unpaired) electrons. The largest absolute Gasteiger partial charge is 0.416 e. The highest BCUT2D eigenvalue weighted by atomic mass is 28.3. The minimum Gasteiger partial charge on any atom is -0.207 e. The quantitative estimate of drug-likeness (QED) is 0.118. The zero-order valence-corrected chi connectivity index (χ0v) is 22.5. The summed E-state index contributed by atoms with van der Waals surface area (Å²) in [5, 5.41) is -7.84. The van der Waals surface area contributed by atoms with Crippen molar-refractivity contribution in [2.24, 2.45) is 0 Å². The maximum Gasteiger partial charge on any atom is 0.416 e. The van der Waals surface area contributed by atoms with Crippen LogP contribution in [-0.2, 0) is 24.7 Å². The predicted molar refractivity (Wildman–Crippen MR) is 130 cm³/mol. The molecule has 0 heterocycles. The van der Waals surface area contributed by atoms with E-state index in [1.165, 1.54) is 0 Å². The normalized spacial score (nSPS) is 13.3. The van der Waals surface area contributed by atoms with E-state index in [1.807, 2.05) is 0 Å². The van der Waals surface area contributed by atoms with Gasteiger partial charge >= 0.3 is 24.7 Å². The molecular formula is C28H12F16Si. The zero-order chi connectivity index (χ0) is 33.9. The van der Waals surface area contributed by atoms with Crippen molar-refractivity contribution in [3.05, 3.63) is 118 Å². The Hall–Kier alpha value is -4.02. The molecule has 0 aromatic heterocycles. The summed E-state index contributed by atoms with van der Waals surface area (Å²) in [6.45, 7) is 0. The molecule has 0 fully saturated rings. The fraction of sp³-hybridized carbons (Fsp3) is 0.143. The third kappa shape index (κ3) is 6.26. The third-order valence-corrected chi connectivity index (χ3v) is 11.7. The minimum atomic E-state index is -6.88. The Morgan fingerprint density at radius 2 is 0.489 bits per heavy atom. The number of hydrogen-bond acceptors (Lipinski definition) is 0. The smallest absolute Gasteiger partial charge is 0.207 e. The van der Waals surface area contributed by atoms with Crippen LogP contribution in [0.2, 0.25) is 0 Å². The minimum absolute atomic E-state index is 0.0637. The molecular weight excluding hydrogens is 668 g/mol. The molecule has 0 saturated heterocycles. The van der Waals surface area contributed by atoms with E-state index in [1.54, 1.807) is 0 Å². The lowest BCUT2D eigenvalue weighted by Crippen LogP contribution is -2.78. The van der Waals surface area contributed by atoms with Gasteiger partial charge in [-0.15, -0.1) is 0 Å². The number of rotatable bonds is 4. The van der Waals surface area contributed by atoms with Crippen molar-refractivity contribution in [1.82, 2.24) is 0 Å². The molecule has 0 spiro atoms. The Morgan fingerprint density at radius 1 is 0.311 bits per heavy atom. The van der Waals surface area contributed by atoms with Crippen LogP contribution in [-0.4, -0.2) is 8.07 Å². The van der Waals surface area contributed by atoms with Crippen molar-refractivity contribution < 1.29 is 70.2 Å². The molecule has 0 unspecified atom stereocenters. The van der Waals surface area contributed by atoms with E-state index >= 15 is 0 Å². The molecule has 0 N–H and O–H groups in total. The lowest BCUT2D eigenvalue weighted by molar-refractivity contribution is -0.137. The molecule has 0 nitrogen and oxygen atoms in total. The van der Waals surface area contributed by atoms with Crippen molar-refractivity contribution in [3.8, 4) is 0 Å². The molecule has 0 saturated carbocycles. The average molecular weight is 680 g/mol. The summed E-state index contributed by atoms with van der Waals surface area (Å²) in [5.41, 5.74) is -8.99. The molecule has 4 aromatic rings. The Bertz CT molecular complexity index is 1490. The summed E-state index contributed by atoms with van der Waals surface area (Å²) in [4.78, 5) is 0. The van der Waals surface area contributed by atoms with Crippen LogP contribution in [0.25, 0.3) is 0 Å². The van der Waals surface area contributed by atoms with Gasteiger partial charge in [-0.05, 0) is 93.5 Å². The van der Waals surface area contributed by atoms with Crippen LogP contribution in [0, 0.1) is 23.3 Å². The summed E-state index contributed by atoms with van der Waals surface area (Å²) in [7, 11) is -6.88. The van der Waals surface area contributed by atoms with Gasteiger partial charge in [0, 0.05) is 0 Å². The molecule has 240 valence electrons. The Morgan fingerprint density at radius 3 is 0.644 bits per heavy atom. The van der Waals surface area contributed by atoms with Crippen LogP contribution in [0.3, 0.4) is 0 Å². The van der Waals surface area contributed by atoms with Gasteiger partial charge < -0.3 is 0 Å². The fourth-order valence-corrected chi connectivity index (χ4v) is 10.8. The Kier molecular flexibility index (Phi) is 8.35. The van der Waals surface area contributed by atoms with Gasteiger partial charge in [0.05, 0.1) is 22.3 Å². The van der Waals surface area contributed by atoms with Crippen molar-refractivity contribution in [2.75, 3.05) is 0 Å². The first-order chi connectivity index (χ1) is 20.5. The summed E-state index contributed by atoms with van der Waals surface area (Å²) in [6.07, 6.45) is -23.3. The molecule has 4 rings (SSSR count). The van der Waals surface area contributed by atoms with Gasteiger partial charge in [0.2, 0.25) is 0 Å². The highest BCUT2D eigenvalue weighted by Crippen LogP contribution is 2.38. The molecule has 17 heteroatoms. The van der Waals surface area contributed by atoms with Gasteiger partial charge in [0.25, 0.3) is 0 Å². The Labute approximate surface area is 242 Å². The SMILES string of the molecule is Fc1ccc(C(F)(F)F)c([Si](c2cc(F)ccc2C(F)(F)F)(c2cc(F)ccc2C(F)(F)F)c2cc(F)ccc2C(F)(F)F)c1. The Balaban J connectivity index is 2.58. The lowest BCUT2D eigenvalue weighted by atomic mass is 10.2. The fourth-order valence-electron chi connectivity index (χ4n) is 5.17. The van der Waals surface area contributed by atoms with Crippen LogP contribution >= 0.6 is 0 Å². The van der Waals surface area contributed by atoms with Gasteiger partial charge in [0.15, 0.2) is 8.07 Å². The second kappa shape index (κ2) is 11.1. The molecule has 0 amide bonds. The van der Waals surface area contributed by atoms with E-state index in [0.717, 1.165) is 0 Å². The maximum atomic E-state index is 14.8. The van der Waals surface area contributed by atoms with Crippen LogP contribution in [0.15, 0.2) is 72.8 Å². The van der Waals surface area contributed by atoms with Gasteiger partial charge in [-0.1, -0.05) is 0 Å². The first-order valence-corrected chi connectivity index (χ1v) is 14.0. The molecule has 0 aliphatic heterocycles. The standard InChI is InChI=1S/C28H12F16Si/c29-13-1-5-17(25(33,34)35)21(9-13)45(22-10-14(30)2-6-18(22)26(36,37)38,23-11-15(31)3-7-19(23)27(39,40)41)24-12-16(32)4-8-20(24)28(42,43)44/h1-12H. The number of halogens is 16. The average Bonchev–Trinajstić information content (AvgIpc) is 2.86. The highest BCUT2D eigenvalue weighted by molar-refractivity contribution is 7.20. The van der Waals surface area contributed by atoms with Crippen LogP contribution in [0.1, 0.15) is 22.3 Å². The number of benzene rings is 4. The second-order valence-electron chi connectivity index (χ2n) is 9.50. The first-order valence-electron chi connectivity index (χ1n) is 12.0.